The molecule has 1 heterocycles. The standard InChI is InChI=1S/C19H19F4N3O/c20-17-14-8-9-24-10-13(14)6-7-15(17)26-16(27)11-25-18(19(21,22)23)12-4-2-1-3-5-12/h1-7,18,24-25H,8-11H2,(H,26,27). The Morgan fingerprint density at radius 2 is 1.89 bits per heavy atom. The van der Waals surface area contributed by atoms with Crippen molar-refractivity contribution in [3.05, 3.63) is 65.0 Å². The first kappa shape index (κ1) is 19.3. The summed E-state index contributed by atoms with van der Waals surface area (Å²) >= 11 is 0. The molecule has 2 aromatic carbocycles. The molecule has 0 aliphatic carbocycles. The maximum atomic E-state index is 14.5. The summed E-state index contributed by atoms with van der Waals surface area (Å²) in [6.07, 6.45) is -4.07. The van der Waals surface area contributed by atoms with E-state index in [1.165, 1.54) is 30.3 Å². The van der Waals surface area contributed by atoms with E-state index in [9.17, 15) is 22.4 Å². The summed E-state index contributed by atoms with van der Waals surface area (Å²) in [5.41, 5.74) is 1.32. The van der Waals surface area contributed by atoms with Crippen molar-refractivity contribution in [2.24, 2.45) is 0 Å². The lowest BCUT2D eigenvalue weighted by Crippen LogP contribution is -2.39. The molecule has 144 valence electrons. The highest BCUT2D eigenvalue weighted by molar-refractivity contribution is 5.92. The zero-order valence-corrected chi connectivity index (χ0v) is 14.4. The summed E-state index contributed by atoms with van der Waals surface area (Å²) in [6, 6.07) is 8.41. The van der Waals surface area contributed by atoms with Gasteiger partial charge >= 0.3 is 6.18 Å². The Hall–Kier alpha value is -2.45. The molecule has 0 saturated carbocycles. The average Bonchev–Trinajstić information content (AvgIpc) is 2.64. The molecule has 3 rings (SSSR count). The van der Waals surface area contributed by atoms with Gasteiger partial charge in [0.1, 0.15) is 11.9 Å². The lowest BCUT2D eigenvalue weighted by atomic mass is 9.99. The van der Waals surface area contributed by atoms with Crippen LogP contribution in [0.15, 0.2) is 42.5 Å². The monoisotopic (exact) mass is 381 g/mol. The molecular formula is C19H19F4N3O. The Labute approximate surface area is 154 Å². The summed E-state index contributed by atoms with van der Waals surface area (Å²) in [5.74, 6) is -1.27. The van der Waals surface area contributed by atoms with Crippen LogP contribution in [0.1, 0.15) is 22.7 Å². The van der Waals surface area contributed by atoms with Crippen LogP contribution >= 0.6 is 0 Å². The minimum atomic E-state index is -4.56. The Bertz CT molecular complexity index is 809. The Morgan fingerprint density at radius 1 is 1.15 bits per heavy atom. The first-order valence-electron chi connectivity index (χ1n) is 8.52. The third-order valence-corrected chi connectivity index (χ3v) is 4.41. The van der Waals surface area contributed by atoms with Crippen LogP contribution in [0.25, 0.3) is 0 Å². The van der Waals surface area contributed by atoms with Gasteiger partial charge in [-0.1, -0.05) is 36.4 Å². The number of hydrogen-bond acceptors (Lipinski definition) is 3. The van der Waals surface area contributed by atoms with Crippen molar-refractivity contribution in [1.29, 1.82) is 0 Å². The second-order valence-electron chi connectivity index (χ2n) is 6.31. The summed E-state index contributed by atoms with van der Waals surface area (Å²) in [4.78, 5) is 12.1. The predicted octanol–water partition coefficient (Wildman–Crippen LogP) is 3.30. The summed E-state index contributed by atoms with van der Waals surface area (Å²) in [7, 11) is 0. The topological polar surface area (TPSA) is 53.2 Å². The van der Waals surface area contributed by atoms with Gasteiger partial charge in [0.2, 0.25) is 5.91 Å². The molecule has 1 unspecified atom stereocenters. The minimum absolute atomic E-state index is 0.00487. The van der Waals surface area contributed by atoms with Gasteiger partial charge in [-0.25, -0.2) is 4.39 Å². The number of carbonyl (C=O) groups is 1. The molecule has 1 amide bonds. The number of benzene rings is 2. The fourth-order valence-corrected chi connectivity index (χ4v) is 3.09. The molecule has 27 heavy (non-hydrogen) atoms. The third-order valence-electron chi connectivity index (χ3n) is 4.41. The van der Waals surface area contributed by atoms with Gasteiger partial charge < -0.3 is 10.6 Å². The number of nitrogens with one attached hydrogen (secondary N) is 3. The van der Waals surface area contributed by atoms with E-state index in [0.717, 1.165) is 5.56 Å². The number of fused-ring (bicyclic) bond motifs is 1. The maximum Gasteiger partial charge on any atom is 0.407 e. The largest absolute Gasteiger partial charge is 0.407 e. The van der Waals surface area contributed by atoms with Gasteiger partial charge in [0.15, 0.2) is 0 Å². The summed E-state index contributed by atoms with van der Waals surface area (Å²) < 4.78 is 54.4. The van der Waals surface area contributed by atoms with Crippen LogP contribution in [0, 0.1) is 5.82 Å². The summed E-state index contributed by atoms with van der Waals surface area (Å²) in [5, 5.41) is 7.68. The van der Waals surface area contributed by atoms with Crippen LogP contribution in [0.4, 0.5) is 23.2 Å². The van der Waals surface area contributed by atoms with E-state index in [2.05, 4.69) is 16.0 Å². The lowest BCUT2D eigenvalue weighted by molar-refractivity contribution is -0.158. The molecular weight excluding hydrogens is 362 g/mol. The number of halogens is 4. The number of alkyl halides is 3. The van der Waals surface area contributed by atoms with Crippen molar-refractivity contribution in [1.82, 2.24) is 10.6 Å². The molecule has 0 spiro atoms. The van der Waals surface area contributed by atoms with Gasteiger partial charge in [-0.15, -0.1) is 0 Å². The van der Waals surface area contributed by atoms with E-state index in [1.54, 1.807) is 12.1 Å². The highest BCUT2D eigenvalue weighted by atomic mass is 19.4. The molecule has 4 nitrogen and oxygen atoms in total. The van der Waals surface area contributed by atoms with E-state index < -0.39 is 30.5 Å². The van der Waals surface area contributed by atoms with Crippen molar-refractivity contribution in [2.75, 3.05) is 18.4 Å². The van der Waals surface area contributed by atoms with Crippen molar-refractivity contribution < 1.29 is 22.4 Å². The lowest BCUT2D eigenvalue weighted by Gasteiger charge is -2.22. The van der Waals surface area contributed by atoms with Crippen molar-refractivity contribution in [3.8, 4) is 0 Å². The van der Waals surface area contributed by atoms with Crippen LogP contribution in [0.3, 0.4) is 0 Å². The smallest absolute Gasteiger partial charge is 0.322 e. The highest BCUT2D eigenvalue weighted by Crippen LogP contribution is 2.32. The average molecular weight is 381 g/mol. The van der Waals surface area contributed by atoms with E-state index >= 15 is 0 Å². The van der Waals surface area contributed by atoms with Crippen LogP contribution in [0.5, 0.6) is 0 Å². The van der Waals surface area contributed by atoms with Crippen LogP contribution in [0.2, 0.25) is 0 Å². The van der Waals surface area contributed by atoms with Gasteiger partial charge in [0.25, 0.3) is 0 Å². The minimum Gasteiger partial charge on any atom is -0.322 e. The Balaban J connectivity index is 1.67. The zero-order chi connectivity index (χ0) is 19.4. The van der Waals surface area contributed by atoms with E-state index in [0.29, 0.717) is 25.1 Å². The summed E-state index contributed by atoms with van der Waals surface area (Å²) in [6.45, 7) is 0.580. The van der Waals surface area contributed by atoms with E-state index in [1.807, 2.05) is 0 Å². The quantitative estimate of drug-likeness (QED) is 0.697. The van der Waals surface area contributed by atoms with Gasteiger partial charge in [-0.3, -0.25) is 10.1 Å². The highest BCUT2D eigenvalue weighted by Gasteiger charge is 2.40. The van der Waals surface area contributed by atoms with Crippen molar-refractivity contribution in [3.63, 3.8) is 0 Å². The molecule has 3 N–H and O–H groups in total. The molecule has 0 saturated heterocycles. The van der Waals surface area contributed by atoms with Gasteiger partial charge in [0, 0.05) is 6.54 Å². The van der Waals surface area contributed by atoms with Gasteiger partial charge in [-0.05, 0) is 35.7 Å². The first-order valence-corrected chi connectivity index (χ1v) is 8.52. The number of amides is 1. The predicted molar refractivity (Wildman–Crippen MR) is 93.7 cm³/mol. The normalized spacial score (nSPS) is 15.1. The molecule has 1 aliphatic heterocycles. The molecule has 0 bridgehead atoms. The second-order valence-corrected chi connectivity index (χ2v) is 6.31. The molecule has 2 aromatic rings. The molecule has 0 aromatic heterocycles. The Morgan fingerprint density at radius 3 is 2.59 bits per heavy atom. The zero-order valence-electron chi connectivity index (χ0n) is 14.4. The number of anilines is 1. The maximum absolute atomic E-state index is 14.5. The van der Waals surface area contributed by atoms with Gasteiger partial charge in [-0.2, -0.15) is 13.2 Å². The van der Waals surface area contributed by atoms with Crippen LogP contribution < -0.4 is 16.0 Å². The van der Waals surface area contributed by atoms with Crippen molar-refractivity contribution in [2.45, 2.75) is 25.2 Å². The van der Waals surface area contributed by atoms with E-state index in [-0.39, 0.29) is 11.3 Å². The molecule has 1 aliphatic rings. The van der Waals surface area contributed by atoms with Crippen LogP contribution in [-0.2, 0) is 17.8 Å². The second kappa shape index (κ2) is 8.06. The van der Waals surface area contributed by atoms with Gasteiger partial charge in [0.05, 0.1) is 12.2 Å². The SMILES string of the molecule is O=C(CNC(c1ccccc1)C(F)(F)F)Nc1ccc2c(c1F)CCNC2. The van der Waals surface area contributed by atoms with Crippen molar-refractivity contribution >= 4 is 11.6 Å². The fourth-order valence-electron chi connectivity index (χ4n) is 3.09. The molecule has 0 radical (unpaired) electrons. The fraction of sp³-hybridized carbons (Fsp3) is 0.316. The molecule has 8 heteroatoms. The Kier molecular flexibility index (Phi) is 5.76. The molecule has 1 atom stereocenters. The third kappa shape index (κ3) is 4.64. The first-order chi connectivity index (χ1) is 12.9. The number of rotatable bonds is 5. The number of carbonyl (C=O) groups excluding carboxylic acids is 1. The number of hydrogen-bond donors (Lipinski definition) is 3. The van der Waals surface area contributed by atoms with E-state index in [4.69, 9.17) is 0 Å². The molecule has 0 fully saturated rings. The van der Waals surface area contributed by atoms with Crippen LogP contribution in [-0.4, -0.2) is 25.2 Å².